The fraction of sp³-hybridized carbons (Fsp3) is 0.391. The first kappa shape index (κ1) is 21.5. The number of carbonyl (C=O) groups is 1. The molecule has 0 fully saturated rings. The van der Waals surface area contributed by atoms with Gasteiger partial charge in [0.25, 0.3) is 5.91 Å². The minimum atomic E-state index is -0.320. The summed E-state index contributed by atoms with van der Waals surface area (Å²) in [6.07, 6.45) is 5.34. The van der Waals surface area contributed by atoms with Crippen molar-refractivity contribution in [2.75, 3.05) is 11.9 Å². The minimum Gasteiger partial charge on any atom is -0.491 e. The van der Waals surface area contributed by atoms with E-state index in [9.17, 15) is 4.79 Å². The first-order valence-corrected chi connectivity index (χ1v) is 10.2. The number of nitrogens with one attached hydrogen (secondary N) is 1. The highest BCUT2D eigenvalue weighted by Gasteiger charge is 2.21. The maximum absolute atomic E-state index is 13.0. The molecule has 1 amide bonds. The summed E-state index contributed by atoms with van der Waals surface area (Å²) in [7, 11) is 0. The molecule has 3 aromatic rings. The molecule has 0 aliphatic carbocycles. The van der Waals surface area contributed by atoms with E-state index in [1.807, 2.05) is 37.3 Å². The Morgan fingerprint density at radius 1 is 1.17 bits per heavy atom. The van der Waals surface area contributed by atoms with Gasteiger partial charge in [-0.2, -0.15) is 0 Å². The van der Waals surface area contributed by atoms with E-state index in [1.54, 1.807) is 17.1 Å². The molecule has 1 N–H and O–H groups in total. The Hall–Kier alpha value is -3.22. The highest BCUT2D eigenvalue weighted by Crippen LogP contribution is 2.32. The van der Waals surface area contributed by atoms with Crippen LogP contribution < -0.4 is 10.1 Å². The van der Waals surface area contributed by atoms with Crippen molar-refractivity contribution in [3.05, 3.63) is 59.7 Å². The standard InChI is InChI=1S/C23H29N5O2/c1-6-7-14-30-20-9-8-17(23(3,4)5)15-19(20)25-22(29)21-16(2)28(27-26-21)18-10-12-24-13-11-18/h8-13,15H,6-7,14H2,1-5H3,(H,25,29). The van der Waals surface area contributed by atoms with Crippen molar-refractivity contribution in [1.82, 2.24) is 20.0 Å². The zero-order valence-electron chi connectivity index (χ0n) is 18.3. The monoisotopic (exact) mass is 407 g/mol. The molecule has 0 saturated heterocycles. The molecular formula is C23H29N5O2. The van der Waals surface area contributed by atoms with E-state index in [1.165, 1.54) is 0 Å². The molecule has 2 heterocycles. The van der Waals surface area contributed by atoms with Gasteiger partial charge in [0.15, 0.2) is 5.69 Å². The largest absolute Gasteiger partial charge is 0.491 e. The van der Waals surface area contributed by atoms with Crippen LogP contribution in [0.4, 0.5) is 5.69 Å². The molecule has 0 bridgehead atoms. The smallest absolute Gasteiger partial charge is 0.278 e. The van der Waals surface area contributed by atoms with Gasteiger partial charge in [-0.1, -0.05) is 45.4 Å². The normalized spacial score (nSPS) is 11.4. The Kier molecular flexibility index (Phi) is 6.50. The lowest BCUT2D eigenvalue weighted by Crippen LogP contribution is -2.17. The van der Waals surface area contributed by atoms with Crippen molar-refractivity contribution in [1.29, 1.82) is 0 Å². The van der Waals surface area contributed by atoms with Crippen molar-refractivity contribution in [3.63, 3.8) is 0 Å². The molecule has 0 spiro atoms. The molecule has 7 heteroatoms. The average Bonchev–Trinajstić information content (AvgIpc) is 3.10. The number of pyridine rings is 1. The van der Waals surface area contributed by atoms with Crippen LogP contribution in [0.5, 0.6) is 5.75 Å². The highest BCUT2D eigenvalue weighted by molar-refractivity contribution is 6.04. The van der Waals surface area contributed by atoms with Gasteiger partial charge < -0.3 is 10.1 Å². The van der Waals surface area contributed by atoms with Gasteiger partial charge in [-0.25, -0.2) is 4.68 Å². The number of hydrogen-bond donors (Lipinski definition) is 1. The van der Waals surface area contributed by atoms with E-state index < -0.39 is 0 Å². The first-order chi connectivity index (χ1) is 14.3. The SMILES string of the molecule is CCCCOc1ccc(C(C)(C)C)cc1NC(=O)c1nnn(-c2ccncc2)c1C. The predicted octanol–water partition coefficient (Wildman–Crippen LogP) is 4.70. The maximum atomic E-state index is 13.0. The van der Waals surface area contributed by atoms with E-state index in [4.69, 9.17) is 4.74 Å². The third-order valence-corrected chi connectivity index (χ3v) is 4.87. The Morgan fingerprint density at radius 2 is 1.90 bits per heavy atom. The van der Waals surface area contributed by atoms with Crippen molar-refractivity contribution < 1.29 is 9.53 Å². The van der Waals surface area contributed by atoms with Crippen LogP contribution in [0.15, 0.2) is 42.7 Å². The van der Waals surface area contributed by atoms with Crippen LogP contribution in [0.3, 0.4) is 0 Å². The molecule has 0 aliphatic rings. The van der Waals surface area contributed by atoms with Gasteiger partial charge in [-0.3, -0.25) is 9.78 Å². The maximum Gasteiger partial charge on any atom is 0.278 e. The van der Waals surface area contributed by atoms with Crippen LogP contribution >= 0.6 is 0 Å². The summed E-state index contributed by atoms with van der Waals surface area (Å²) in [5, 5.41) is 11.2. The van der Waals surface area contributed by atoms with Crippen LogP contribution in [0.25, 0.3) is 5.69 Å². The third kappa shape index (κ3) is 4.84. The zero-order chi connectivity index (χ0) is 21.7. The third-order valence-electron chi connectivity index (χ3n) is 4.87. The number of unbranched alkanes of at least 4 members (excludes halogenated alkanes) is 1. The van der Waals surface area contributed by atoms with E-state index >= 15 is 0 Å². The molecule has 2 aromatic heterocycles. The number of amides is 1. The molecular weight excluding hydrogens is 378 g/mol. The molecule has 3 rings (SSSR count). The predicted molar refractivity (Wildman–Crippen MR) is 117 cm³/mol. The summed E-state index contributed by atoms with van der Waals surface area (Å²) >= 11 is 0. The molecule has 0 aliphatic heterocycles. The van der Waals surface area contributed by atoms with E-state index in [-0.39, 0.29) is 17.0 Å². The van der Waals surface area contributed by atoms with Gasteiger partial charge in [0.05, 0.1) is 23.7 Å². The summed E-state index contributed by atoms with van der Waals surface area (Å²) < 4.78 is 7.55. The molecule has 158 valence electrons. The fourth-order valence-corrected chi connectivity index (χ4v) is 3.00. The Labute approximate surface area is 177 Å². The average molecular weight is 408 g/mol. The van der Waals surface area contributed by atoms with E-state index in [0.717, 1.165) is 24.1 Å². The number of aromatic nitrogens is 4. The Balaban J connectivity index is 1.89. The Morgan fingerprint density at radius 3 is 2.57 bits per heavy atom. The summed E-state index contributed by atoms with van der Waals surface area (Å²) in [4.78, 5) is 17.0. The van der Waals surface area contributed by atoms with Gasteiger partial charge in [0.1, 0.15) is 5.75 Å². The van der Waals surface area contributed by atoms with Gasteiger partial charge in [0.2, 0.25) is 0 Å². The lowest BCUT2D eigenvalue weighted by Gasteiger charge is -2.21. The number of hydrogen-bond acceptors (Lipinski definition) is 5. The first-order valence-electron chi connectivity index (χ1n) is 10.2. The van der Waals surface area contributed by atoms with Crippen molar-refractivity contribution in [2.24, 2.45) is 0 Å². The lowest BCUT2D eigenvalue weighted by molar-refractivity contribution is 0.102. The van der Waals surface area contributed by atoms with Crippen LogP contribution in [-0.2, 0) is 5.41 Å². The summed E-state index contributed by atoms with van der Waals surface area (Å²) in [6, 6.07) is 9.57. The molecule has 1 aromatic carbocycles. The number of benzene rings is 1. The lowest BCUT2D eigenvalue weighted by atomic mass is 9.87. The van der Waals surface area contributed by atoms with Crippen LogP contribution in [0.1, 0.15) is 62.3 Å². The van der Waals surface area contributed by atoms with E-state index in [0.29, 0.717) is 23.7 Å². The molecule has 0 unspecified atom stereocenters. The number of carbonyl (C=O) groups excluding carboxylic acids is 1. The summed E-state index contributed by atoms with van der Waals surface area (Å²) in [5.74, 6) is 0.336. The second kappa shape index (κ2) is 9.07. The number of ether oxygens (including phenoxy) is 1. The van der Waals surface area contributed by atoms with Crippen molar-refractivity contribution in [2.45, 2.75) is 52.9 Å². The number of nitrogens with zero attached hydrogens (tertiary/aromatic N) is 4. The number of anilines is 1. The molecule has 0 radical (unpaired) electrons. The van der Waals surface area contributed by atoms with Gasteiger partial charge in [0, 0.05) is 12.4 Å². The number of rotatable bonds is 7. The van der Waals surface area contributed by atoms with Crippen LogP contribution in [0, 0.1) is 6.92 Å². The van der Waals surface area contributed by atoms with Gasteiger partial charge >= 0.3 is 0 Å². The van der Waals surface area contributed by atoms with Crippen LogP contribution in [0.2, 0.25) is 0 Å². The second-order valence-corrected chi connectivity index (χ2v) is 8.26. The second-order valence-electron chi connectivity index (χ2n) is 8.26. The van der Waals surface area contributed by atoms with Crippen molar-refractivity contribution >= 4 is 11.6 Å². The summed E-state index contributed by atoms with van der Waals surface area (Å²) in [5.41, 5.74) is 3.42. The fourth-order valence-electron chi connectivity index (χ4n) is 3.00. The molecule has 0 saturated carbocycles. The molecule has 30 heavy (non-hydrogen) atoms. The van der Waals surface area contributed by atoms with Crippen LogP contribution in [-0.4, -0.2) is 32.5 Å². The van der Waals surface area contributed by atoms with Gasteiger partial charge in [-0.15, -0.1) is 5.10 Å². The van der Waals surface area contributed by atoms with Gasteiger partial charge in [-0.05, 0) is 48.6 Å². The minimum absolute atomic E-state index is 0.0537. The summed E-state index contributed by atoms with van der Waals surface area (Å²) in [6.45, 7) is 10.9. The molecule has 7 nitrogen and oxygen atoms in total. The van der Waals surface area contributed by atoms with Crippen molar-refractivity contribution in [3.8, 4) is 11.4 Å². The van der Waals surface area contributed by atoms with E-state index in [2.05, 4.69) is 48.3 Å². The molecule has 0 atom stereocenters. The Bertz CT molecular complexity index is 1010. The highest BCUT2D eigenvalue weighted by atomic mass is 16.5. The zero-order valence-corrected chi connectivity index (χ0v) is 18.3. The quantitative estimate of drug-likeness (QED) is 0.574. The topological polar surface area (TPSA) is 81.9 Å².